The van der Waals surface area contributed by atoms with E-state index in [2.05, 4.69) is 26.6 Å². The molecule has 0 fully saturated rings. The quantitative estimate of drug-likeness (QED) is 0.561. The summed E-state index contributed by atoms with van der Waals surface area (Å²) in [6.07, 6.45) is 2.52. The molecule has 0 bridgehead atoms. The number of nitrogens with one attached hydrogen (secondary N) is 1. The van der Waals surface area contributed by atoms with E-state index in [1.54, 1.807) is 23.6 Å². The van der Waals surface area contributed by atoms with Crippen LogP contribution in [0.2, 0.25) is 0 Å². The Labute approximate surface area is 130 Å². The molecule has 3 aromatic rings. The minimum atomic E-state index is 0.0628. The van der Waals surface area contributed by atoms with Gasteiger partial charge in [-0.1, -0.05) is 17.8 Å². The summed E-state index contributed by atoms with van der Waals surface area (Å²) >= 11 is 3.12. The van der Waals surface area contributed by atoms with E-state index < -0.39 is 0 Å². The molecule has 0 aliphatic carbocycles. The number of carbonyl (C=O) groups is 1. The summed E-state index contributed by atoms with van der Waals surface area (Å²) in [4.78, 5) is 16.1. The molecule has 3 rings (SSSR count). The van der Waals surface area contributed by atoms with Crippen molar-refractivity contribution < 1.29 is 4.79 Å². The van der Waals surface area contributed by atoms with Crippen LogP contribution in [0.4, 0.5) is 0 Å². The van der Waals surface area contributed by atoms with E-state index in [1.165, 1.54) is 16.6 Å². The van der Waals surface area contributed by atoms with Crippen LogP contribution in [-0.2, 0) is 13.5 Å². The zero-order valence-electron chi connectivity index (χ0n) is 11.4. The Balaban J connectivity index is 1.64. The molecule has 0 saturated carbocycles. The third-order valence-corrected chi connectivity index (χ3v) is 4.96. The number of hydrogen-bond donors (Lipinski definition) is 1. The highest BCUT2D eigenvalue weighted by Gasteiger charge is 2.13. The molecule has 0 amide bonds. The molecule has 0 unspecified atom stereocenters. The van der Waals surface area contributed by atoms with Gasteiger partial charge in [0.2, 0.25) is 0 Å². The minimum Gasteiger partial charge on any atom is -0.359 e. The Morgan fingerprint density at radius 3 is 3.00 bits per heavy atom. The van der Waals surface area contributed by atoms with Crippen LogP contribution < -0.4 is 0 Å². The first kappa shape index (κ1) is 14.1. The van der Waals surface area contributed by atoms with Gasteiger partial charge in [0.05, 0.1) is 11.4 Å². The van der Waals surface area contributed by atoms with Crippen molar-refractivity contribution in [2.45, 2.75) is 11.6 Å². The largest absolute Gasteiger partial charge is 0.359 e. The lowest BCUT2D eigenvalue weighted by Gasteiger charge is -2.02. The van der Waals surface area contributed by atoms with Crippen molar-refractivity contribution in [3.8, 4) is 0 Å². The van der Waals surface area contributed by atoms with Crippen molar-refractivity contribution in [1.82, 2.24) is 19.7 Å². The molecule has 5 nitrogen and oxygen atoms in total. The van der Waals surface area contributed by atoms with Crippen LogP contribution in [-0.4, -0.2) is 31.3 Å². The van der Waals surface area contributed by atoms with Crippen LogP contribution in [0, 0.1) is 0 Å². The maximum atomic E-state index is 11.9. The summed E-state index contributed by atoms with van der Waals surface area (Å²) in [5.74, 6) is 1.32. The van der Waals surface area contributed by atoms with Gasteiger partial charge in [-0.2, -0.15) is 0 Å². The summed E-state index contributed by atoms with van der Waals surface area (Å²) in [5.41, 5.74) is 0.628. The second-order valence-electron chi connectivity index (χ2n) is 4.51. The second kappa shape index (κ2) is 6.28. The Hall–Kier alpha value is -1.86. The smallest absolute Gasteiger partial charge is 0.191 e. The lowest BCUT2D eigenvalue weighted by Crippen LogP contribution is -2.04. The maximum absolute atomic E-state index is 11.9. The number of H-pyrrole nitrogens is 1. The third-order valence-electron chi connectivity index (χ3n) is 3.07. The topological polar surface area (TPSA) is 63.6 Å². The van der Waals surface area contributed by atoms with Crippen LogP contribution in [0.5, 0.6) is 0 Å². The number of hydrogen-bond acceptors (Lipinski definition) is 5. The molecule has 0 radical (unpaired) electrons. The molecule has 21 heavy (non-hydrogen) atoms. The average molecular weight is 318 g/mol. The van der Waals surface area contributed by atoms with Gasteiger partial charge in [-0.25, -0.2) is 0 Å². The van der Waals surface area contributed by atoms with E-state index in [0.29, 0.717) is 11.4 Å². The SMILES string of the molecule is Cn1c(Cc2cccs2)nnc1SCC(=O)c1ccc[nH]1. The minimum absolute atomic E-state index is 0.0628. The third kappa shape index (κ3) is 3.25. The van der Waals surface area contributed by atoms with Gasteiger partial charge in [-0.05, 0) is 23.6 Å². The maximum Gasteiger partial charge on any atom is 0.191 e. The van der Waals surface area contributed by atoms with E-state index in [-0.39, 0.29) is 5.78 Å². The highest BCUT2D eigenvalue weighted by Crippen LogP contribution is 2.19. The molecule has 1 N–H and O–H groups in total. The second-order valence-corrected chi connectivity index (χ2v) is 6.48. The van der Waals surface area contributed by atoms with Crippen LogP contribution in [0.1, 0.15) is 21.2 Å². The Kier molecular flexibility index (Phi) is 4.21. The van der Waals surface area contributed by atoms with Crippen molar-refractivity contribution in [3.63, 3.8) is 0 Å². The van der Waals surface area contributed by atoms with Gasteiger partial charge >= 0.3 is 0 Å². The molecule has 0 aliphatic rings. The number of carbonyl (C=O) groups excluding carboxylic acids is 1. The van der Waals surface area contributed by atoms with Crippen LogP contribution >= 0.6 is 23.1 Å². The monoisotopic (exact) mass is 318 g/mol. The summed E-state index contributed by atoms with van der Waals surface area (Å²) in [6, 6.07) is 7.71. The number of thioether (sulfide) groups is 1. The van der Waals surface area contributed by atoms with Crippen molar-refractivity contribution in [3.05, 3.63) is 52.2 Å². The molecule has 0 aliphatic heterocycles. The number of aromatic amines is 1. The number of aromatic nitrogens is 4. The van der Waals surface area contributed by atoms with E-state index in [1.807, 2.05) is 23.7 Å². The average Bonchev–Trinajstić information content (AvgIpc) is 3.21. The van der Waals surface area contributed by atoms with Gasteiger partial charge in [-0.3, -0.25) is 4.79 Å². The lowest BCUT2D eigenvalue weighted by molar-refractivity contribution is 0.101. The number of thiophene rings is 1. The summed E-state index contributed by atoms with van der Waals surface area (Å²) in [7, 11) is 1.93. The standard InChI is InChI=1S/C14H14N4OS2/c1-18-13(8-10-4-3-7-20-10)16-17-14(18)21-9-12(19)11-5-2-6-15-11/h2-7,15H,8-9H2,1H3. The molecule has 0 spiro atoms. The molecule has 0 aromatic carbocycles. The van der Waals surface area contributed by atoms with Crippen LogP contribution in [0.3, 0.4) is 0 Å². The number of rotatable bonds is 6. The Morgan fingerprint density at radius 2 is 2.29 bits per heavy atom. The molecule has 0 saturated heterocycles. The molecular formula is C14H14N4OS2. The van der Waals surface area contributed by atoms with Gasteiger partial charge in [0.25, 0.3) is 0 Å². The van der Waals surface area contributed by atoms with Crippen LogP contribution in [0.15, 0.2) is 41.0 Å². The van der Waals surface area contributed by atoms with Gasteiger partial charge in [-0.15, -0.1) is 21.5 Å². The predicted octanol–water partition coefficient (Wildman–Crippen LogP) is 2.77. The van der Waals surface area contributed by atoms with Gasteiger partial charge in [0, 0.05) is 24.5 Å². The molecule has 3 heterocycles. The number of ketones is 1. The highest BCUT2D eigenvalue weighted by atomic mass is 32.2. The highest BCUT2D eigenvalue weighted by molar-refractivity contribution is 7.99. The number of Topliss-reactive ketones (excluding diaryl/α,β-unsaturated/α-hetero) is 1. The summed E-state index contributed by atoms with van der Waals surface area (Å²) in [5, 5.41) is 11.2. The van der Waals surface area contributed by atoms with E-state index in [0.717, 1.165) is 17.4 Å². The fourth-order valence-electron chi connectivity index (χ4n) is 1.91. The lowest BCUT2D eigenvalue weighted by atomic mass is 10.3. The fourth-order valence-corrected chi connectivity index (χ4v) is 3.42. The molecule has 7 heteroatoms. The van der Waals surface area contributed by atoms with Crippen molar-refractivity contribution in [1.29, 1.82) is 0 Å². The van der Waals surface area contributed by atoms with E-state index >= 15 is 0 Å². The van der Waals surface area contributed by atoms with Crippen molar-refractivity contribution in [2.24, 2.45) is 7.05 Å². The first-order valence-electron chi connectivity index (χ1n) is 6.44. The number of nitrogens with zero attached hydrogens (tertiary/aromatic N) is 3. The molecule has 0 atom stereocenters. The first-order valence-corrected chi connectivity index (χ1v) is 8.30. The Bertz CT molecular complexity index is 716. The zero-order valence-corrected chi connectivity index (χ0v) is 13.1. The zero-order chi connectivity index (χ0) is 14.7. The fraction of sp³-hybridized carbons (Fsp3) is 0.214. The first-order chi connectivity index (χ1) is 10.2. The van der Waals surface area contributed by atoms with Crippen molar-refractivity contribution in [2.75, 3.05) is 5.75 Å². The normalized spacial score (nSPS) is 10.9. The van der Waals surface area contributed by atoms with E-state index in [9.17, 15) is 4.79 Å². The summed E-state index contributed by atoms with van der Waals surface area (Å²) < 4.78 is 1.95. The van der Waals surface area contributed by atoms with Gasteiger partial charge in [0.1, 0.15) is 5.82 Å². The van der Waals surface area contributed by atoms with Gasteiger partial charge in [0.15, 0.2) is 10.9 Å². The van der Waals surface area contributed by atoms with E-state index in [4.69, 9.17) is 0 Å². The van der Waals surface area contributed by atoms with Gasteiger partial charge < -0.3 is 9.55 Å². The Morgan fingerprint density at radius 1 is 1.38 bits per heavy atom. The summed E-state index contributed by atoms with van der Waals surface area (Å²) in [6.45, 7) is 0. The molecular weight excluding hydrogens is 304 g/mol. The predicted molar refractivity (Wildman–Crippen MR) is 84.0 cm³/mol. The van der Waals surface area contributed by atoms with Crippen molar-refractivity contribution >= 4 is 28.9 Å². The van der Waals surface area contributed by atoms with Crippen LogP contribution in [0.25, 0.3) is 0 Å². The molecule has 3 aromatic heterocycles. The molecule has 108 valence electrons.